The fraction of sp³-hybridized carbons (Fsp3) is 0.263. The smallest absolute Gasteiger partial charge is 0.202 e. The molecule has 1 aromatic heterocycles. The number of rotatable bonds is 7. The third kappa shape index (κ3) is 3.95. The molecule has 3 rings (SSSR count). The SMILES string of the molecule is COCCOc1cc2ncnc(NC3=CC(=O)C(C)=CC3=O)c2cc1OC. The average molecular weight is 369 g/mol. The maximum atomic E-state index is 12.2. The van der Waals surface area contributed by atoms with Crippen molar-refractivity contribution in [3.63, 3.8) is 0 Å². The number of carbonyl (C=O) groups excluding carboxylic acids is 2. The largest absolute Gasteiger partial charge is 0.493 e. The number of hydrogen-bond donors (Lipinski definition) is 1. The predicted octanol–water partition coefficient (Wildman–Crippen LogP) is 2.06. The molecule has 0 atom stereocenters. The zero-order valence-electron chi connectivity index (χ0n) is 15.2. The molecule has 0 radical (unpaired) electrons. The van der Waals surface area contributed by atoms with Crippen LogP contribution in [0.4, 0.5) is 5.82 Å². The van der Waals surface area contributed by atoms with Gasteiger partial charge < -0.3 is 19.5 Å². The third-order valence-electron chi connectivity index (χ3n) is 4.00. The molecule has 0 amide bonds. The lowest BCUT2D eigenvalue weighted by molar-refractivity contribution is -0.115. The molecule has 8 nitrogen and oxygen atoms in total. The Morgan fingerprint density at radius 2 is 1.81 bits per heavy atom. The Kier molecular flexibility index (Phi) is 5.46. The van der Waals surface area contributed by atoms with E-state index in [2.05, 4.69) is 15.3 Å². The van der Waals surface area contributed by atoms with Crippen molar-refractivity contribution in [3.05, 3.63) is 41.9 Å². The van der Waals surface area contributed by atoms with Gasteiger partial charge in [0.15, 0.2) is 17.3 Å². The summed E-state index contributed by atoms with van der Waals surface area (Å²) in [5.41, 5.74) is 1.16. The molecule has 1 aliphatic carbocycles. The number of fused-ring (bicyclic) bond motifs is 1. The van der Waals surface area contributed by atoms with E-state index in [9.17, 15) is 9.59 Å². The Labute approximate surface area is 155 Å². The van der Waals surface area contributed by atoms with Crippen LogP contribution >= 0.6 is 0 Å². The van der Waals surface area contributed by atoms with Gasteiger partial charge in [0.2, 0.25) is 5.78 Å². The van der Waals surface area contributed by atoms with Gasteiger partial charge in [-0.1, -0.05) is 0 Å². The van der Waals surface area contributed by atoms with E-state index in [1.54, 1.807) is 26.2 Å². The van der Waals surface area contributed by atoms with Crippen LogP contribution in [0.15, 0.2) is 41.9 Å². The number of ether oxygens (including phenoxy) is 3. The van der Waals surface area contributed by atoms with Crippen LogP contribution in [0.3, 0.4) is 0 Å². The van der Waals surface area contributed by atoms with Gasteiger partial charge in [-0.3, -0.25) is 9.59 Å². The molecule has 0 fully saturated rings. The third-order valence-corrected chi connectivity index (χ3v) is 4.00. The second-order valence-corrected chi connectivity index (χ2v) is 5.82. The number of hydrogen-bond acceptors (Lipinski definition) is 8. The molecule has 0 saturated carbocycles. The number of aromatic nitrogens is 2. The molecule has 1 aromatic carbocycles. The highest BCUT2D eigenvalue weighted by Gasteiger charge is 2.19. The summed E-state index contributed by atoms with van der Waals surface area (Å²) >= 11 is 0. The van der Waals surface area contributed by atoms with Crippen molar-refractivity contribution in [2.45, 2.75) is 6.92 Å². The summed E-state index contributed by atoms with van der Waals surface area (Å²) in [4.78, 5) is 32.5. The van der Waals surface area contributed by atoms with Crippen molar-refractivity contribution in [3.8, 4) is 11.5 Å². The number of nitrogens with one attached hydrogen (secondary N) is 1. The number of carbonyl (C=O) groups is 2. The highest BCUT2D eigenvalue weighted by molar-refractivity contribution is 6.21. The van der Waals surface area contributed by atoms with E-state index < -0.39 is 0 Å². The molecule has 1 N–H and O–H groups in total. The van der Waals surface area contributed by atoms with E-state index in [0.717, 1.165) is 0 Å². The Morgan fingerprint density at radius 1 is 1.00 bits per heavy atom. The van der Waals surface area contributed by atoms with Gasteiger partial charge >= 0.3 is 0 Å². The van der Waals surface area contributed by atoms with Gasteiger partial charge in [0.05, 0.1) is 24.9 Å². The van der Waals surface area contributed by atoms with Crippen LogP contribution in [0.1, 0.15) is 6.92 Å². The van der Waals surface area contributed by atoms with Crippen molar-refractivity contribution < 1.29 is 23.8 Å². The minimum Gasteiger partial charge on any atom is -0.493 e. The lowest BCUT2D eigenvalue weighted by Crippen LogP contribution is -2.18. The number of benzene rings is 1. The Balaban J connectivity index is 1.96. The van der Waals surface area contributed by atoms with Crippen LogP contribution in [0, 0.1) is 0 Å². The first-order chi connectivity index (χ1) is 13.0. The maximum absolute atomic E-state index is 12.2. The number of methoxy groups -OCH3 is 2. The summed E-state index contributed by atoms with van der Waals surface area (Å²) in [5.74, 6) is 0.898. The maximum Gasteiger partial charge on any atom is 0.202 e. The zero-order chi connectivity index (χ0) is 19.4. The van der Waals surface area contributed by atoms with Gasteiger partial charge in [-0.15, -0.1) is 0 Å². The van der Waals surface area contributed by atoms with Gasteiger partial charge in [-0.25, -0.2) is 9.97 Å². The second-order valence-electron chi connectivity index (χ2n) is 5.82. The highest BCUT2D eigenvalue weighted by Crippen LogP contribution is 2.34. The summed E-state index contributed by atoms with van der Waals surface area (Å²) in [5, 5.41) is 3.55. The summed E-state index contributed by atoms with van der Waals surface area (Å²) in [6, 6.07) is 3.44. The van der Waals surface area contributed by atoms with Crippen molar-refractivity contribution in [2.75, 3.05) is 32.8 Å². The molecule has 1 aliphatic rings. The Hall–Kier alpha value is -3.26. The lowest BCUT2D eigenvalue weighted by atomic mass is 10.0. The highest BCUT2D eigenvalue weighted by atomic mass is 16.5. The number of anilines is 1. The second kappa shape index (κ2) is 7.96. The van der Waals surface area contributed by atoms with Crippen LogP contribution in [-0.2, 0) is 14.3 Å². The first kappa shape index (κ1) is 18.5. The molecule has 0 bridgehead atoms. The Bertz CT molecular complexity index is 965. The fourth-order valence-electron chi connectivity index (χ4n) is 2.56. The van der Waals surface area contributed by atoms with Crippen LogP contribution in [0.2, 0.25) is 0 Å². The van der Waals surface area contributed by atoms with Crippen molar-refractivity contribution in [1.82, 2.24) is 9.97 Å². The molecule has 2 aromatic rings. The zero-order valence-corrected chi connectivity index (χ0v) is 15.2. The van der Waals surface area contributed by atoms with Crippen molar-refractivity contribution in [1.29, 1.82) is 0 Å². The monoisotopic (exact) mass is 369 g/mol. The van der Waals surface area contributed by atoms with Gasteiger partial charge in [0, 0.05) is 30.2 Å². The average Bonchev–Trinajstić information content (AvgIpc) is 2.66. The first-order valence-electron chi connectivity index (χ1n) is 8.23. The molecule has 27 heavy (non-hydrogen) atoms. The van der Waals surface area contributed by atoms with Crippen LogP contribution in [0.25, 0.3) is 10.9 Å². The molecule has 8 heteroatoms. The molecule has 140 valence electrons. The summed E-state index contributed by atoms with van der Waals surface area (Å²) < 4.78 is 16.0. The Morgan fingerprint density at radius 3 is 2.56 bits per heavy atom. The topological polar surface area (TPSA) is 99.6 Å². The standard InChI is InChI=1S/C19H19N3O5/c1-11-6-16(24)14(8-15(11)23)22-19-12-7-17(26-3)18(27-5-4-25-2)9-13(12)20-10-21-19/h6-10H,4-5H2,1-3H3,(H,20,21,22). The van der Waals surface area contributed by atoms with Gasteiger partial charge in [0.25, 0.3) is 0 Å². The van der Waals surface area contributed by atoms with Gasteiger partial charge in [0.1, 0.15) is 18.8 Å². The quantitative estimate of drug-likeness (QED) is 0.585. The van der Waals surface area contributed by atoms with Gasteiger partial charge in [-0.05, 0) is 19.1 Å². The van der Waals surface area contributed by atoms with E-state index in [1.807, 2.05) is 0 Å². The number of ketones is 2. The molecular weight excluding hydrogens is 350 g/mol. The predicted molar refractivity (Wildman–Crippen MR) is 98.9 cm³/mol. The fourth-order valence-corrected chi connectivity index (χ4v) is 2.56. The molecule has 1 heterocycles. The molecule has 0 unspecified atom stereocenters. The van der Waals surface area contributed by atoms with Crippen molar-refractivity contribution in [2.24, 2.45) is 0 Å². The minimum atomic E-state index is -0.287. The molecule has 0 spiro atoms. The minimum absolute atomic E-state index is 0.157. The number of allylic oxidation sites excluding steroid dienone is 3. The molecule has 0 aliphatic heterocycles. The summed E-state index contributed by atoms with van der Waals surface area (Å²) in [7, 11) is 3.12. The van der Waals surface area contributed by atoms with E-state index in [-0.39, 0.29) is 17.3 Å². The first-order valence-corrected chi connectivity index (χ1v) is 8.23. The van der Waals surface area contributed by atoms with E-state index in [0.29, 0.717) is 47.0 Å². The van der Waals surface area contributed by atoms with Crippen LogP contribution in [0.5, 0.6) is 11.5 Å². The van der Waals surface area contributed by atoms with Crippen molar-refractivity contribution >= 4 is 28.3 Å². The van der Waals surface area contributed by atoms with Gasteiger partial charge in [-0.2, -0.15) is 0 Å². The molecule has 0 saturated heterocycles. The lowest BCUT2D eigenvalue weighted by Gasteiger charge is -2.15. The normalized spacial score (nSPS) is 14.0. The number of nitrogens with zero attached hydrogens (tertiary/aromatic N) is 2. The van der Waals surface area contributed by atoms with E-state index in [4.69, 9.17) is 14.2 Å². The van der Waals surface area contributed by atoms with E-state index in [1.165, 1.54) is 25.6 Å². The van der Waals surface area contributed by atoms with Crippen LogP contribution in [-0.4, -0.2) is 49.0 Å². The summed E-state index contributed by atoms with van der Waals surface area (Å²) in [6.45, 7) is 2.41. The molecular formula is C19H19N3O5. The van der Waals surface area contributed by atoms with Crippen LogP contribution < -0.4 is 14.8 Å². The van der Waals surface area contributed by atoms with E-state index >= 15 is 0 Å². The summed E-state index contributed by atoms with van der Waals surface area (Å²) in [6.07, 6.45) is 3.94.